The van der Waals surface area contributed by atoms with Crippen molar-refractivity contribution in [3.05, 3.63) is 42.2 Å². The van der Waals surface area contributed by atoms with Crippen LogP contribution in [0.4, 0.5) is 0 Å². The molecule has 2 atom stereocenters. The van der Waals surface area contributed by atoms with Crippen molar-refractivity contribution in [2.24, 2.45) is 4.99 Å². The summed E-state index contributed by atoms with van der Waals surface area (Å²) in [5.41, 5.74) is 1.91. The van der Waals surface area contributed by atoms with Crippen LogP contribution in [-0.2, 0) is 16.0 Å². The van der Waals surface area contributed by atoms with E-state index in [2.05, 4.69) is 22.2 Å². The minimum Gasteiger partial charge on any atom is -0.497 e. The van der Waals surface area contributed by atoms with E-state index in [4.69, 9.17) is 19.2 Å². The van der Waals surface area contributed by atoms with E-state index in [9.17, 15) is 0 Å². The summed E-state index contributed by atoms with van der Waals surface area (Å²) < 4.78 is 18.9. The average molecular weight is 414 g/mol. The van der Waals surface area contributed by atoms with Crippen LogP contribution in [0.25, 0.3) is 5.69 Å². The van der Waals surface area contributed by atoms with E-state index in [-0.39, 0.29) is 12.2 Å². The molecule has 2 fully saturated rings. The largest absolute Gasteiger partial charge is 0.497 e. The molecule has 3 heterocycles. The van der Waals surface area contributed by atoms with Crippen LogP contribution in [0.5, 0.6) is 5.75 Å². The summed E-state index contributed by atoms with van der Waals surface area (Å²) in [4.78, 5) is 7.12. The van der Waals surface area contributed by atoms with Crippen molar-refractivity contribution in [3.63, 3.8) is 0 Å². The SMILES string of the molecule is CCNC(=NCc1ccn(-c2ccc(OC)cc2)n1)N1CCOC(C2CCCO2)C1. The quantitative estimate of drug-likeness (QED) is 0.578. The molecule has 1 aromatic carbocycles. The minimum absolute atomic E-state index is 0.111. The van der Waals surface area contributed by atoms with Crippen LogP contribution in [0.15, 0.2) is 41.5 Å². The highest BCUT2D eigenvalue weighted by Crippen LogP contribution is 2.21. The first kappa shape index (κ1) is 20.7. The molecule has 2 unspecified atom stereocenters. The molecule has 1 aromatic heterocycles. The number of morpholine rings is 1. The Morgan fingerprint density at radius 2 is 2.03 bits per heavy atom. The van der Waals surface area contributed by atoms with E-state index in [0.717, 1.165) is 62.2 Å². The summed E-state index contributed by atoms with van der Waals surface area (Å²) in [7, 11) is 1.67. The zero-order valence-electron chi connectivity index (χ0n) is 17.8. The Morgan fingerprint density at radius 1 is 1.20 bits per heavy atom. The lowest BCUT2D eigenvalue weighted by molar-refractivity contribution is -0.0817. The lowest BCUT2D eigenvalue weighted by atomic mass is 10.1. The summed E-state index contributed by atoms with van der Waals surface area (Å²) in [6.45, 7) is 6.60. The zero-order chi connectivity index (χ0) is 20.8. The van der Waals surface area contributed by atoms with Gasteiger partial charge in [-0.2, -0.15) is 5.10 Å². The maximum atomic E-state index is 5.98. The van der Waals surface area contributed by atoms with Crippen LogP contribution in [-0.4, -0.2) is 72.8 Å². The van der Waals surface area contributed by atoms with E-state index in [1.54, 1.807) is 7.11 Å². The summed E-state index contributed by atoms with van der Waals surface area (Å²) in [6.07, 6.45) is 4.47. The molecule has 0 radical (unpaired) electrons. The molecule has 2 saturated heterocycles. The smallest absolute Gasteiger partial charge is 0.194 e. The monoisotopic (exact) mass is 413 g/mol. The Bertz CT molecular complexity index is 830. The third-order valence-corrected chi connectivity index (χ3v) is 5.48. The van der Waals surface area contributed by atoms with Gasteiger partial charge in [0.05, 0.1) is 37.7 Å². The molecule has 0 saturated carbocycles. The first-order chi connectivity index (χ1) is 14.8. The van der Waals surface area contributed by atoms with Gasteiger partial charge in [-0.1, -0.05) is 0 Å². The normalized spacial score (nSPS) is 22.3. The van der Waals surface area contributed by atoms with Crippen molar-refractivity contribution in [3.8, 4) is 11.4 Å². The van der Waals surface area contributed by atoms with Crippen LogP contribution in [0.2, 0.25) is 0 Å². The lowest BCUT2D eigenvalue weighted by Gasteiger charge is -2.37. The number of methoxy groups -OCH3 is 1. The Morgan fingerprint density at radius 3 is 2.77 bits per heavy atom. The first-order valence-corrected chi connectivity index (χ1v) is 10.7. The van der Waals surface area contributed by atoms with Gasteiger partial charge in [0, 0.05) is 32.4 Å². The number of hydrogen-bond donors (Lipinski definition) is 1. The molecule has 2 aliphatic rings. The van der Waals surface area contributed by atoms with Crippen LogP contribution >= 0.6 is 0 Å². The van der Waals surface area contributed by atoms with E-state index in [1.807, 2.05) is 41.2 Å². The van der Waals surface area contributed by atoms with E-state index in [0.29, 0.717) is 13.2 Å². The predicted molar refractivity (Wildman–Crippen MR) is 115 cm³/mol. The number of aromatic nitrogens is 2. The second-order valence-electron chi connectivity index (χ2n) is 7.53. The molecule has 2 aromatic rings. The van der Waals surface area contributed by atoms with Crippen LogP contribution in [0, 0.1) is 0 Å². The lowest BCUT2D eigenvalue weighted by Crippen LogP contribution is -2.53. The molecule has 30 heavy (non-hydrogen) atoms. The van der Waals surface area contributed by atoms with Crippen molar-refractivity contribution in [1.82, 2.24) is 20.0 Å². The molecule has 0 spiro atoms. The predicted octanol–water partition coefficient (Wildman–Crippen LogP) is 2.23. The third-order valence-electron chi connectivity index (χ3n) is 5.48. The van der Waals surface area contributed by atoms with Gasteiger partial charge in [0.1, 0.15) is 11.9 Å². The Kier molecular flexibility index (Phi) is 6.86. The van der Waals surface area contributed by atoms with Crippen molar-refractivity contribution in [1.29, 1.82) is 0 Å². The summed E-state index contributed by atoms with van der Waals surface area (Å²) in [6, 6.07) is 9.84. The Labute approximate surface area is 177 Å². The molecular formula is C22H31N5O3. The fourth-order valence-corrected chi connectivity index (χ4v) is 3.89. The standard InChI is InChI=1S/C22H31N5O3/c1-3-23-22(26-12-14-30-21(16-26)20-5-4-13-29-20)24-15-17-10-11-27(25-17)18-6-8-19(28-2)9-7-18/h6-11,20-21H,3-5,12-16H2,1-2H3,(H,23,24). The molecular weight excluding hydrogens is 382 g/mol. The van der Waals surface area contributed by atoms with Crippen LogP contribution < -0.4 is 10.1 Å². The average Bonchev–Trinajstić information content (AvgIpc) is 3.49. The molecule has 2 aliphatic heterocycles. The van der Waals surface area contributed by atoms with Gasteiger partial charge in [0.25, 0.3) is 0 Å². The number of hydrogen-bond acceptors (Lipinski definition) is 5. The maximum absolute atomic E-state index is 5.98. The zero-order valence-corrected chi connectivity index (χ0v) is 17.8. The Balaban J connectivity index is 1.41. The van der Waals surface area contributed by atoms with Gasteiger partial charge >= 0.3 is 0 Å². The number of benzene rings is 1. The summed E-state index contributed by atoms with van der Waals surface area (Å²) >= 11 is 0. The fourth-order valence-electron chi connectivity index (χ4n) is 3.89. The number of guanidine groups is 1. The fraction of sp³-hybridized carbons (Fsp3) is 0.545. The molecule has 162 valence electrons. The molecule has 8 nitrogen and oxygen atoms in total. The second kappa shape index (κ2) is 9.95. The highest BCUT2D eigenvalue weighted by atomic mass is 16.5. The first-order valence-electron chi connectivity index (χ1n) is 10.7. The van der Waals surface area contributed by atoms with Gasteiger partial charge in [0.15, 0.2) is 5.96 Å². The summed E-state index contributed by atoms with van der Waals surface area (Å²) in [5, 5.41) is 8.08. The molecule has 8 heteroatoms. The highest BCUT2D eigenvalue weighted by Gasteiger charge is 2.32. The van der Waals surface area contributed by atoms with Gasteiger partial charge in [-0.3, -0.25) is 0 Å². The van der Waals surface area contributed by atoms with Crippen molar-refractivity contribution in [2.75, 3.05) is 40.0 Å². The van der Waals surface area contributed by atoms with Gasteiger partial charge in [-0.15, -0.1) is 0 Å². The van der Waals surface area contributed by atoms with Crippen molar-refractivity contribution in [2.45, 2.75) is 38.5 Å². The minimum atomic E-state index is 0.111. The number of rotatable bonds is 6. The topological polar surface area (TPSA) is 73.1 Å². The number of nitrogens with one attached hydrogen (secondary N) is 1. The van der Waals surface area contributed by atoms with Crippen molar-refractivity contribution >= 4 is 5.96 Å². The van der Waals surface area contributed by atoms with Crippen molar-refractivity contribution < 1.29 is 14.2 Å². The van der Waals surface area contributed by atoms with Gasteiger partial charge in [0.2, 0.25) is 0 Å². The van der Waals surface area contributed by atoms with Crippen LogP contribution in [0.1, 0.15) is 25.5 Å². The highest BCUT2D eigenvalue weighted by molar-refractivity contribution is 5.80. The molecule has 0 aliphatic carbocycles. The molecule has 0 bridgehead atoms. The third kappa shape index (κ3) is 4.94. The van der Waals surface area contributed by atoms with Gasteiger partial charge < -0.3 is 24.4 Å². The number of ether oxygens (including phenoxy) is 3. The van der Waals surface area contributed by atoms with E-state index < -0.39 is 0 Å². The summed E-state index contributed by atoms with van der Waals surface area (Å²) in [5.74, 6) is 1.74. The number of nitrogens with zero attached hydrogens (tertiary/aromatic N) is 4. The molecule has 4 rings (SSSR count). The number of aliphatic imine (C=N–C) groups is 1. The maximum Gasteiger partial charge on any atom is 0.194 e. The van der Waals surface area contributed by atoms with E-state index in [1.165, 1.54) is 0 Å². The van der Waals surface area contributed by atoms with Gasteiger partial charge in [-0.05, 0) is 50.1 Å². The van der Waals surface area contributed by atoms with E-state index >= 15 is 0 Å². The van der Waals surface area contributed by atoms with Crippen LogP contribution in [0.3, 0.4) is 0 Å². The Hall–Kier alpha value is -2.58. The molecule has 1 N–H and O–H groups in total. The second-order valence-corrected chi connectivity index (χ2v) is 7.53. The van der Waals surface area contributed by atoms with Gasteiger partial charge in [-0.25, -0.2) is 9.67 Å². The molecule has 0 amide bonds.